The number of carbonyl (C=O) groups excluding carboxylic acids is 3. The molecule has 0 spiro atoms. The number of rotatable bonds is 9. The van der Waals surface area contributed by atoms with E-state index in [0.29, 0.717) is 12.1 Å². The Bertz CT molecular complexity index is 704. The fraction of sp³-hybridized carbons (Fsp3) is 0.500. The first kappa shape index (κ1) is 23.2. The third-order valence-corrected chi connectivity index (χ3v) is 3.77. The molecule has 0 radical (unpaired) electrons. The van der Waals surface area contributed by atoms with Gasteiger partial charge in [-0.2, -0.15) is 0 Å². The van der Waals surface area contributed by atoms with Crippen molar-refractivity contribution in [3.05, 3.63) is 29.0 Å². The normalized spacial score (nSPS) is 11.6. The molecule has 1 amide bonds. The zero-order chi connectivity index (χ0) is 21.4. The van der Waals surface area contributed by atoms with E-state index in [1.807, 2.05) is 13.8 Å². The predicted octanol–water partition coefficient (Wildman–Crippen LogP) is 1.31. The topological polar surface area (TPSA) is 131 Å². The lowest BCUT2D eigenvalue weighted by atomic mass is 10.0. The average molecular weight is 396 g/mol. The molecule has 0 aromatic heterocycles. The maximum atomic E-state index is 12.4. The molecule has 0 saturated carbocycles. The molecule has 0 saturated heterocycles. The number of anilines is 2. The summed E-state index contributed by atoms with van der Waals surface area (Å²) in [6, 6.07) is 3.10. The van der Waals surface area contributed by atoms with E-state index in [1.54, 1.807) is 19.0 Å². The van der Waals surface area contributed by atoms with Crippen molar-refractivity contribution in [3.63, 3.8) is 0 Å². The minimum absolute atomic E-state index is 0.00287. The second-order valence-electron chi connectivity index (χ2n) is 6.72. The minimum Gasteiger partial charge on any atom is -0.733 e. The number of nitrogens with one attached hydrogen (secondary N) is 1. The highest BCUT2D eigenvalue weighted by Crippen LogP contribution is 2.25. The molecule has 0 aliphatic rings. The number of ether oxygens (including phenoxy) is 2. The Kier molecular flexibility index (Phi) is 8.68. The number of nitrogens with zero attached hydrogens (tertiary/aromatic N) is 2. The lowest BCUT2D eigenvalue weighted by molar-refractivity contribution is -0.145. The molecule has 1 rings (SSSR count). The third-order valence-electron chi connectivity index (χ3n) is 3.77. The third kappa shape index (κ3) is 6.71. The van der Waals surface area contributed by atoms with Crippen molar-refractivity contribution in [1.82, 2.24) is 5.32 Å². The van der Waals surface area contributed by atoms with Gasteiger partial charge in [-0.3, -0.25) is 10.0 Å². The van der Waals surface area contributed by atoms with E-state index in [4.69, 9.17) is 9.94 Å². The number of methoxy groups -OCH3 is 1. The molecule has 10 heteroatoms. The number of benzene rings is 1. The van der Waals surface area contributed by atoms with Gasteiger partial charge in [0.25, 0.3) is 5.91 Å². The maximum absolute atomic E-state index is 12.4. The fourth-order valence-electron chi connectivity index (χ4n) is 2.47. The van der Waals surface area contributed by atoms with Gasteiger partial charge in [-0.15, -0.1) is 0 Å². The van der Waals surface area contributed by atoms with E-state index >= 15 is 0 Å². The molecule has 28 heavy (non-hydrogen) atoms. The van der Waals surface area contributed by atoms with Crippen LogP contribution in [0.3, 0.4) is 0 Å². The van der Waals surface area contributed by atoms with Crippen molar-refractivity contribution >= 4 is 29.2 Å². The number of hydrogen-bond donors (Lipinski definition) is 2. The van der Waals surface area contributed by atoms with E-state index in [-0.39, 0.29) is 22.4 Å². The maximum Gasteiger partial charge on any atom is 0.340 e. The molecule has 0 aliphatic carbocycles. The zero-order valence-corrected chi connectivity index (χ0v) is 16.6. The van der Waals surface area contributed by atoms with Crippen LogP contribution in [0.2, 0.25) is 0 Å². The fourth-order valence-corrected chi connectivity index (χ4v) is 2.47. The molecule has 1 aromatic rings. The Morgan fingerprint density at radius 1 is 1.25 bits per heavy atom. The Balaban J connectivity index is 2.84. The van der Waals surface area contributed by atoms with Crippen LogP contribution < -0.4 is 15.4 Å². The number of hydrogen-bond acceptors (Lipinski definition) is 9. The van der Waals surface area contributed by atoms with Crippen LogP contribution >= 0.6 is 0 Å². The van der Waals surface area contributed by atoms with Gasteiger partial charge in [0.05, 0.1) is 24.0 Å². The zero-order valence-electron chi connectivity index (χ0n) is 16.6. The lowest BCUT2D eigenvalue weighted by Crippen LogP contribution is -2.44. The highest BCUT2D eigenvalue weighted by Gasteiger charge is 2.24. The Morgan fingerprint density at radius 2 is 1.89 bits per heavy atom. The quantitative estimate of drug-likeness (QED) is 0.468. The Labute approximate surface area is 163 Å². The van der Waals surface area contributed by atoms with Crippen molar-refractivity contribution in [2.45, 2.75) is 26.3 Å². The van der Waals surface area contributed by atoms with Crippen LogP contribution in [0, 0.1) is 11.1 Å². The molecule has 0 aliphatic heterocycles. The van der Waals surface area contributed by atoms with Crippen molar-refractivity contribution in [1.29, 1.82) is 0 Å². The van der Waals surface area contributed by atoms with Crippen LogP contribution in [0.25, 0.3) is 0 Å². The first-order valence-electron chi connectivity index (χ1n) is 8.58. The summed E-state index contributed by atoms with van der Waals surface area (Å²) in [5.41, 5.74) is 0.268. The van der Waals surface area contributed by atoms with E-state index in [9.17, 15) is 19.6 Å². The summed E-state index contributed by atoms with van der Waals surface area (Å²) < 4.78 is 9.66. The van der Waals surface area contributed by atoms with Crippen molar-refractivity contribution < 1.29 is 29.1 Å². The molecular weight excluding hydrogens is 370 g/mol. The molecule has 1 aromatic carbocycles. The molecular formula is C18H26N3O7-. The van der Waals surface area contributed by atoms with Crippen molar-refractivity contribution in [2.24, 2.45) is 5.92 Å². The smallest absolute Gasteiger partial charge is 0.340 e. The summed E-state index contributed by atoms with van der Waals surface area (Å²) in [6.45, 7) is 3.15. The average Bonchev–Trinajstić information content (AvgIpc) is 2.63. The van der Waals surface area contributed by atoms with Gasteiger partial charge < -0.3 is 30.1 Å². The second-order valence-corrected chi connectivity index (χ2v) is 6.72. The summed E-state index contributed by atoms with van der Waals surface area (Å²) in [5.74, 6) is -1.99. The monoisotopic (exact) mass is 396 g/mol. The summed E-state index contributed by atoms with van der Waals surface area (Å²) in [5, 5.41) is 22.2. The van der Waals surface area contributed by atoms with Crippen molar-refractivity contribution in [2.75, 3.05) is 37.9 Å². The predicted molar refractivity (Wildman–Crippen MR) is 102 cm³/mol. The standard InChI is InChI=1S/C18H26N3O7/c1-11(2)8-14(18(24)27-5)19-16(22)10-28-17(23)13-9-12(21(25)26)6-7-15(13)20(3)4/h6-7,9,11,14,25H,8,10H2,1-5H3,(H,19,22)/q-1/t14-/m0/s1. The Hall–Kier alpha value is -2.85. The van der Waals surface area contributed by atoms with E-state index in [2.05, 4.69) is 10.1 Å². The summed E-state index contributed by atoms with van der Waals surface area (Å²) in [7, 11) is 4.58. The van der Waals surface area contributed by atoms with E-state index < -0.39 is 30.5 Å². The van der Waals surface area contributed by atoms with Gasteiger partial charge in [0.1, 0.15) is 6.04 Å². The van der Waals surface area contributed by atoms with Gasteiger partial charge in [-0.05, 0) is 30.5 Å². The van der Waals surface area contributed by atoms with Gasteiger partial charge in [0, 0.05) is 14.1 Å². The van der Waals surface area contributed by atoms with Crippen molar-refractivity contribution in [3.8, 4) is 0 Å². The van der Waals surface area contributed by atoms with Gasteiger partial charge in [0.2, 0.25) is 0 Å². The van der Waals surface area contributed by atoms with Crippen LogP contribution in [0.1, 0.15) is 30.6 Å². The number of amides is 1. The van der Waals surface area contributed by atoms with E-state index in [0.717, 1.165) is 6.07 Å². The molecule has 0 fully saturated rings. The van der Waals surface area contributed by atoms with Gasteiger partial charge in [0.15, 0.2) is 6.61 Å². The number of esters is 2. The van der Waals surface area contributed by atoms with Crippen LogP contribution in [-0.4, -0.2) is 56.9 Å². The van der Waals surface area contributed by atoms with Gasteiger partial charge in [-0.1, -0.05) is 13.8 Å². The molecule has 0 unspecified atom stereocenters. The van der Waals surface area contributed by atoms with E-state index in [1.165, 1.54) is 19.2 Å². The second kappa shape index (κ2) is 10.5. The first-order chi connectivity index (χ1) is 13.1. The molecule has 0 heterocycles. The van der Waals surface area contributed by atoms with Crippen LogP contribution in [0.15, 0.2) is 18.2 Å². The number of carbonyl (C=O) groups is 3. The summed E-state index contributed by atoms with van der Waals surface area (Å²) in [4.78, 5) is 37.8. The highest BCUT2D eigenvalue weighted by molar-refractivity contribution is 5.98. The van der Waals surface area contributed by atoms with Crippen LogP contribution in [0.4, 0.5) is 11.4 Å². The molecule has 156 valence electrons. The molecule has 10 nitrogen and oxygen atoms in total. The lowest BCUT2D eigenvalue weighted by Gasteiger charge is -2.24. The molecule has 2 N–H and O–H groups in total. The first-order valence-corrected chi connectivity index (χ1v) is 8.58. The SMILES string of the molecule is COC(=O)[C@H](CC(C)C)NC(=O)COC(=O)c1cc(N([O-])O)ccc1N(C)C. The minimum atomic E-state index is -0.860. The van der Waals surface area contributed by atoms with Gasteiger partial charge in [-0.25, -0.2) is 9.59 Å². The molecule has 0 bridgehead atoms. The van der Waals surface area contributed by atoms with Crippen LogP contribution in [0.5, 0.6) is 0 Å². The van der Waals surface area contributed by atoms with Gasteiger partial charge >= 0.3 is 11.9 Å². The highest BCUT2D eigenvalue weighted by atomic mass is 16.8. The summed E-state index contributed by atoms with van der Waals surface area (Å²) >= 11 is 0. The molecule has 1 atom stereocenters. The Morgan fingerprint density at radius 3 is 2.39 bits per heavy atom. The van der Waals surface area contributed by atoms with Crippen LogP contribution in [-0.2, 0) is 19.1 Å². The summed E-state index contributed by atoms with van der Waals surface area (Å²) in [6.07, 6.45) is 0.370. The largest absolute Gasteiger partial charge is 0.733 e.